The van der Waals surface area contributed by atoms with E-state index in [0.717, 1.165) is 0 Å². The molecule has 0 saturated carbocycles. The Kier molecular flexibility index (Phi) is 5.48. The summed E-state index contributed by atoms with van der Waals surface area (Å²) in [7, 11) is 0. The number of aromatic nitrogens is 1. The predicted molar refractivity (Wildman–Crippen MR) is 124 cm³/mol. The third-order valence-corrected chi connectivity index (χ3v) is 6.73. The minimum Gasteiger partial charge on any atom is -0.384 e. The van der Waals surface area contributed by atoms with E-state index in [9.17, 15) is 10.1 Å². The molecular weight excluding hydrogens is 428 g/mol. The fourth-order valence-electron chi connectivity index (χ4n) is 4.53. The average Bonchev–Trinajstić information content (AvgIpc) is 2.79. The molecule has 0 bridgehead atoms. The third kappa shape index (κ3) is 3.18. The monoisotopic (exact) mass is 446 g/mol. The summed E-state index contributed by atoms with van der Waals surface area (Å²) < 4.78 is 0. The maximum absolute atomic E-state index is 13.9. The molecule has 31 heavy (non-hydrogen) atoms. The Morgan fingerprint density at radius 1 is 1.23 bits per heavy atom. The second-order valence-electron chi connectivity index (χ2n) is 7.43. The number of nitrogens with one attached hydrogen (secondary N) is 1. The number of alkyl halides is 1. The van der Waals surface area contributed by atoms with Crippen LogP contribution in [0.5, 0.6) is 0 Å². The number of pyridine rings is 1. The number of ketones is 1. The van der Waals surface area contributed by atoms with E-state index in [0.29, 0.717) is 12.0 Å². The molecule has 0 radical (unpaired) electrons. The number of nitriles is 1. The van der Waals surface area contributed by atoms with Gasteiger partial charge in [0, 0.05) is 6.20 Å². The van der Waals surface area contributed by atoms with E-state index in [-0.39, 0.29) is 27.9 Å². The zero-order valence-corrected chi connectivity index (χ0v) is 18.0. The molecule has 2 heterocycles. The van der Waals surface area contributed by atoms with Crippen LogP contribution in [0, 0.1) is 17.2 Å². The van der Waals surface area contributed by atoms with Crippen LogP contribution in [-0.2, 0) is 5.41 Å². The zero-order valence-electron chi connectivity index (χ0n) is 16.5. The maximum Gasteiger partial charge on any atom is 0.192 e. The van der Waals surface area contributed by atoms with E-state index in [1.54, 1.807) is 24.4 Å². The Hall–Kier alpha value is -3.27. The van der Waals surface area contributed by atoms with Crippen molar-refractivity contribution in [3.8, 4) is 6.07 Å². The number of nitrogens with zero attached hydrogens (tertiary/aromatic N) is 2. The third-order valence-electron chi connectivity index (χ3n) is 5.82. The number of halogens is 1. The molecule has 1 aliphatic carbocycles. The highest BCUT2D eigenvalue weighted by Gasteiger charge is 2.63. The number of allylic oxidation sites excluding steroid dienone is 5. The number of thiocarbonyl (C=S) groups is 1. The normalized spacial score (nSPS) is 27.5. The van der Waals surface area contributed by atoms with Gasteiger partial charge >= 0.3 is 0 Å². The lowest BCUT2D eigenvalue weighted by atomic mass is 9.54. The molecule has 0 spiro atoms. The van der Waals surface area contributed by atoms with Gasteiger partial charge < -0.3 is 11.1 Å². The van der Waals surface area contributed by atoms with Crippen molar-refractivity contribution in [2.45, 2.75) is 16.7 Å². The van der Waals surface area contributed by atoms with Gasteiger partial charge in [-0.2, -0.15) is 5.26 Å². The van der Waals surface area contributed by atoms with Gasteiger partial charge in [-0.3, -0.25) is 9.78 Å². The largest absolute Gasteiger partial charge is 0.384 e. The number of nitrogens with two attached hydrogens (primary N) is 1. The Balaban J connectivity index is 2.10. The van der Waals surface area contributed by atoms with Crippen molar-refractivity contribution >= 4 is 34.6 Å². The Bertz CT molecular complexity index is 1170. The zero-order chi connectivity index (χ0) is 22.1. The summed E-state index contributed by atoms with van der Waals surface area (Å²) in [5.74, 6) is -1.22. The molecule has 3 unspecified atom stereocenters. The average molecular weight is 447 g/mol. The highest BCUT2D eigenvalue weighted by molar-refractivity contribution is 7.80. The fraction of sp³-hybridized carbons (Fsp3) is 0.167. The molecule has 2 aromatic rings. The van der Waals surface area contributed by atoms with Crippen molar-refractivity contribution in [1.82, 2.24) is 10.3 Å². The quantitative estimate of drug-likeness (QED) is 0.420. The first kappa shape index (κ1) is 21.0. The van der Waals surface area contributed by atoms with Crippen LogP contribution in [-0.4, -0.2) is 20.6 Å². The highest BCUT2D eigenvalue weighted by atomic mass is 35.5. The summed E-state index contributed by atoms with van der Waals surface area (Å²) in [6, 6.07) is 16.6. The van der Waals surface area contributed by atoms with Crippen LogP contribution in [0.2, 0.25) is 0 Å². The van der Waals surface area contributed by atoms with Crippen molar-refractivity contribution in [2.24, 2.45) is 11.7 Å². The maximum atomic E-state index is 13.9. The van der Waals surface area contributed by atoms with Crippen LogP contribution in [0.1, 0.15) is 22.5 Å². The van der Waals surface area contributed by atoms with Crippen molar-refractivity contribution in [2.75, 3.05) is 0 Å². The molecule has 3 N–H and O–H groups in total. The fourth-order valence-corrected chi connectivity index (χ4v) is 5.40. The predicted octanol–water partition coefficient (Wildman–Crippen LogP) is 3.94. The van der Waals surface area contributed by atoms with Crippen LogP contribution in [0.4, 0.5) is 0 Å². The van der Waals surface area contributed by atoms with Crippen LogP contribution in [0.25, 0.3) is 0 Å². The van der Waals surface area contributed by atoms with Gasteiger partial charge in [0.05, 0.1) is 32.8 Å². The number of carbonyl (C=O) groups excluding carboxylic acids is 1. The first-order valence-corrected chi connectivity index (χ1v) is 10.5. The van der Waals surface area contributed by atoms with Gasteiger partial charge in [0.25, 0.3) is 0 Å². The molecule has 7 heteroatoms. The van der Waals surface area contributed by atoms with Crippen molar-refractivity contribution in [3.63, 3.8) is 0 Å². The van der Waals surface area contributed by atoms with Gasteiger partial charge in [0.15, 0.2) is 5.78 Å². The van der Waals surface area contributed by atoms with Gasteiger partial charge in [0.2, 0.25) is 0 Å². The molecular formula is C24H19ClN4OS. The lowest BCUT2D eigenvalue weighted by Gasteiger charge is -2.52. The Morgan fingerprint density at radius 2 is 1.97 bits per heavy atom. The van der Waals surface area contributed by atoms with Gasteiger partial charge in [-0.1, -0.05) is 72.9 Å². The summed E-state index contributed by atoms with van der Waals surface area (Å²) in [5.41, 5.74) is 6.05. The van der Waals surface area contributed by atoms with E-state index in [4.69, 9.17) is 29.6 Å². The Labute approximate surface area is 190 Å². The number of Topliss-reactive ketones (excluding diaryl/α,β-unsaturated/α-hetero) is 1. The van der Waals surface area contributed by atoms with Crippen molar-refractivity contribution < 1.29 is 4.79 Å². The molecule has 0 fully saturated rings. The van der Waals surface area contributed by atoms with E-state index >= 15 is 0 Å². The van der Waals surface area contributed by atoms with Crippen molar-refractivity contribution in [1.29, 1.82) is 5.26 Å². The molecule has 3 atom stereocenters. The second-order valence-corrected chi connectivity index (χ2v) is 8.54. The molecule has 1 aromatic carbocycles. The summed E-state index contributed by atoms with van der Waals surface area (Å²) in [6.45, 7) is 0. The van der Waals surface area contributed by atoms with Crippen LogP contribution < -0.4 is 11.1 Å². The van der Waals surface area contributed by atoms with Gasteiger partial charge in [0.1, 0.15) is 11.5 Å². The summed E-state index contributed by atoms with van der Waals surface area (Å²) in [5, 5.41) is 13.1. The van der Waals surface area contributed by atoms with Gasteiger partial charge in [-0.15, -0.1) is 11.6 Å². The molecule has 0 saturated heterocycles. The number of hydrogen-bond acceptors (Lipinski definition) is 5. The standard InChI is InChI=1S/C24H19ClN4OS/c25-23(12-6-2-7-13-23)24(16-9-3-1-4-10-16)17(15-26)21(27)29-22(31)19(24)20(30)18-11-5-8-14-28-18/h1-12,14,19H,13,27H2,(H,29,31). The molecule has 0 amide bonds. The second kappa shape index (κ2) is 8.10. The van der Waals surface area contributed by atoms with E-state index in [2.05, 4.69) is 16.4 Å². The minimum absolute atomic E-state index is 0.101. The van der Waals surface area contributed by atoms with Crippen LogP contribution >= 0.6 is 23.8 Å². The SMILES string of the molecule is N#CC1=C(N)NC(=S)C(C(=O)c2ccccn2)C1(c1ccccc1)C1(Cl)C=CC=CC1. The van der Waals surface area contributed by atoms with Crippen molar-refractivity contribution in [3.05, 3.63) is 102 Å². The topological polar surface area (TPSA) is 91.8 Å². The smallest absolute Gasteiger partial charge is 0.192 e. The molecule has 5 nitrogen and oxygen atoms in total. The number of hydrogen-bond donors (Lipinski definition) is 2. The number of carbonyl (C=O) groups is 1. The number of rotatable bonds is 4. The van der Waals surface area contributed by atoms with E-state index < -0.39 is 16.2 Å². The van der Waals surface area contributed by atoms with Crippen LogP contribution in [0.15, 0.2) is 90.4 Å². The molecule has 1 aliphatic heterocycles. The van der Waals surface area contributed by atoms with E-state index in [1.807, 2.05) is 54.6 Å². The minimum atomic E-state index is -1.34. The van der Waals surface area contributed by atoms with E-state index in [1.165, 1.54) is 0 Å². The molecule has 4 rings (SSSR count). The molecule has 154 valence electrons. The highest BCUT2D eigenvalue weighted by Crippen LogP contribution is 2.56. The molecule has 2 aliphatic rings. The lowest BCUT2D eigenvalue weighted by Crippen LogP contribution is -2.63. The first-order chi connectivity index (χ1) is 15.0. The Morgan fingerprint density at radius 3 is 2.58 bits per heavy atom. The summed E-state index contributed by atoms with van der Waals surface area (Å²) >= 11 is 13.0. The summed E-state index contributed by atoms with van der Waals surface area (Å²) in [4.78, 5) is 17.2. The first-order valence-electron chi connectivity index (χ1n) is 9.71. The lowest BCUT2D eigenvalue weighted by molar-refractivity contribution is 0.0895. The molecule has 1 aromatic heterocycles. The number of benzene rings is 1. The van der Waals surface area contributed by atoms with Gasteiger partial charge in [-0.05, 0) is 24.1 Å². The van der Waals surface area contributed by atoms with Gasteiger partial charge in [-0.25, -0.2) is 0 Å². The van der Waals surface area contributed by atoms with Crippen LogP contribution in [0.3, 0.4) is 0 Å². The summed E-state index contributed by atoms with van der Waals surface area (Å²) in [6.07, 6.45) is 9.36.